The molecule has 0 amide bonds. The van der Waals surface area contributed by atoms with E-state index in [0.717, 1.165) is 29.9 Å². The quantitative estimate of drug-likeness (QED) is 0.822. The summed E-state index contributed by atoms with van der Waals surface area (Å²) in [6.45, 7) is 6.38. The van der Waals surface area contributed by atoms with Gasteiger partial charge in [-0.2, -0.15) is 0 Å². The van der Waals surface area contributed by atoms with E-state index < -0.39 is 0 Å². The van der Waals surface area contributed by atoms with Gasteiger partial charge in [0.25, 0.3) is 0 Å². The van der Waals surface area contributed by atoms with Crippen molar-refractivity contribution in [1.29, 1.82) is 0 Å². The monoisotopic (exact) mass is 322 g/mol. The van der Waals surface area contributed by atoms with Gasteiger partial charge in [-0.15, -0.1) is 5.10 Å². The fraction of sp³-hybridized carbons (Fsp3) is 0.500. The van der Waals surface area contributed by atoms with E-state index in [1.807, 2.05) is 35.9 Å². The lowest BCUT2D eigenvalue weighted by molar-refractivity contribution is 0.256. The molecule has 0 spiro atoms. The predicted octanol–water partition coefficient (Wildman–Crippen LogP) is 3.04. The van der Waals surface area contributed by atoms with Crippen LogP contribution in [0.5, 0.6) is 0 Å². The molecular formula is C16H23ClN4O. The van der Waals surface area contributed by atoms with Gasteiger partial charge >= 0.3 is 0 Å². The molecule has 0 fully saturated rings. The minimum atomic E-state index is 0.0811. The molecule has 2 atom stereocenters. The molecule has 0 aliphatic heterocycles. The number of nitrogens with one attached hydrogen (secondary N) is 1. The Bertz CT molecular complexity index is 597. The number of aliphatic hydroxyl groups is 1. The lowest BCUT2D eigenvalue weighted by Crippen LogP contribution is -2.32. The zero-order valence-electron chi connectivity index (χ0n) is 13.3. The van der Waals surface area contributed by atoms with Gasteiger partial charge in [0.05, 0.1) is 17.4 Å². The van der Waals surface area contributed by atoms with Crippen LogP contribution in [-0.4, -0.2) is 32.7 Å². The van der Waals surface area contributed by atoms with Crippen molar-refractivity contribution in [3.63, 3.8) is 0 Å². The molecule has 1 aromatic heterocycles. The van der Waals surface area contributed by atoms with Gasteiger partial charge in [0.2, 0.25) is 0 Å². The van der Waals surface area contributed by atoms with Crippen LogP contribution in [0.25, 0.3) is 5.69 Å². The largest absolute Gasteiger partial charge is 0.396 e. The number of rotatable bonds is 7. The number of hydrogen-bond acceptors (Lipinski definition) is 4. The van der Waals surface area contributed by atoms with Gasteiger partial charge in [-0.05, 0) is 51.0 Å². The number of aromatic nitrogens is 3. The third-order valence-electron chi connectivity index (χ3n) is 3.87. The lowest BCUT2D eigenvalue weighted by atomic mass is 10.1. The van der Waals surface area contributed by atoms with Crippen molar-refractivity contribution in [2.45, 2.75) is 45.7 Å². The number of hydrogen-bond donors (Lipinski definition) is 2. The van der Waals surface area contributed by atoms with Crippen LogP contribution in [0.2, 0.25) is 5.02 Å². The second-order valence-electron chi connectivity index (χ2n) is 5.45. The highest BCUT2D eigenvalue weighted by molar-refractivity contribution is 6.30. The average molecular weight is 323 g/mol. The van der Waals surface area contributed by atoms with Gasteiger partial charge in [-0.3, -0.25) is 0 Å². The zero-order chi connectivity index (χ0) is 16.1. The number of benzene rings is 1. The van der Waals surface area contributed by atoms with Crippen molar-refractivity contribution in [3.8, 4) is 5.69 Å². The van der Waals surface area contributed by atoms with Crippen molar-refractivity contribution < 1.29 is 5.11 Å². The Morgan fingerprint density at radius 1 is 1.32 bits per heavy atom. The molecule has 0 aliphatic carbocycles. The molecule has 0 aliphatic rings. The molecule has 1 heterocycles. The molecule has 0 bridgehead atoms. The SMILES string of the molecule is CCC(CCO)NC(C)c1nnn(-c2ccc(Cl)cc2)c1C. The summed E-state index contributed by atoms with van der Waals surface area (Å²) in [5.74, 6) is 0. The van der Waals surface area contributed by atoms with Crippen molar-refractivity contribution in [3.05, 3.63) is 40.7 Å². The summed E-state index contributed by atoms with van der Waals surface area (Å²) in [5, 5.41) is 21.9. The minimum Gasteiger partial charge on any atom is -0.396 e. The standard InChI is InChI=1S/C16H23ClN4O/c1-4-14(9-10-22)18-11(2)16-12(3)21(20-19-16)15-7-5-13(17)6-8-15/h5-8,11,14,18,22H,4,9-10H2,1-3H3. The molecule has 6 heteroatoms. The van der Waals surface area contributed by atoms with E-state index in [9.17, 15) is 0 Å². The van der Waals surface area contributed by atoms with E-state index >= 15 is 0 Å². The Balaban J connectivity index is 2.18. The van der Waals surface area contributed by atoms with Crippen LogP contribution in [0, 0.1) is 6.92 Å². The fourth-order valence-corrected chi connectivity index (χ4v) is 2.69. The average Bonchev–Trinajstić information content (AvgIpc) is 2.89. The molecule has 2 aromatic rings. The maximum atomic E-state index is 9.10. The molecule has 22 heavy (non-hydrogen) atoms. The molecule has 2 rings (SSSR count). The van der Waals surface area contributed by atoms with Gasteiger partial charge in [0, 0.05) is 17.7 Å². The summed E-state index contributed by atoms with van der Waals surface area (Å²) in [5.41, 5.74) is 2.86. The van der Waals surface area contributed by atoms with Crippen LogP contribution in [0.1, 0.15) is 44.1 Å². The van der Waals surface area contributed by atoms with E-state index in [0.29, 0.717) is 5.02 Å². The Morgan fingerprint density at radius 2 is 2.00 bits per heavy atom. The summed E-state index contributed by atoms with van der Waals surface area (Å²) in [7, 11) is 0. The minimum absolute atomic E-state index is 0.0811. The van der Waals surface area contributed by atoms with Crippen molar-refractivity contribution >= 4 is 11.6 Å². The normalized spacial score (nSPS) is 14.0. The van der Waals surface area contributed by atoms with Crippen LogP contribution in [0.3, 0.4) is 0 Å². The summed E-state index contributed by atoms with van der Waals surface area (Å²) in [6.07, 6.45) is 1.71. The summed E-state index contributed by atoms with van der Waals surface area (Å²) in [4.78, 5) is 0. The molecule has 2 N–H and O–H groups in total. The second kappa shape index (κ2) is 7.72. The predicted molar refractivity (Wildman–Crippen MR) is 88.4 cm³/mol. The van der Waals surface area contributed by atoms with Gasteiger partial charge in [-0.1, -0.05) is 23.7 Å². The maximum absolute atomic E-state index is 9.10. The van der Waals surface area contributed by atoms with Crippen LogP contribution in [-0.2, 0) is 0 Å². The topological polar surface area (TPSA) is 63.0 Å². The van der Waals surface area contributed by atoms with Crippen LogP contribution in [0.15, 0.2) is 24.3 Å². The van der Waals surface area contributed by atoms with Crippen LogP contribution < -0.4 is 5.32 Å². The summed E-state index contributed by atoms with van der Waals surface area (Å²) in [6, 6.07) is 7.89. The fourth-order valence-electron chi connectivity index (χ4n) is 2.56. The zero-order valence-corrected chi connectivity index (χ0v) is 14.0. The molecule has 1 aromatic carbocycles. The molecule has 5 nitrogen and oxygen atoms in total. The first-order valence-electron chi connectivity index (χ1n) is 7.61. The summed E-state index contributed by atoms with van der Waals surface area (Å²) >= 11 is 5.92. The molecule has 120 valence electrons. The van der Waals surface area contributed by atoms with Gasteiger partial charge < -0.3 is 10.4 Å². The highest BCUT2D eigenvalue weighted by Crippen LogP contribution is 2.20. The first kappa shape index (κ1) is 16.9. The van der Waals surface area contributed by atoms with Crippen molar-refractivity contribution in [2.24, 2.45) is 0 Å². The molecule has 2 unspecified atom stereocenters. The van der Waals surface area contributed by atoms with E-state index in [4.69, 9.17) is 16.7 Å². The van der Waals surface area contributed by atoms with Gasteiger partial charge in [0.1, 0.15) is 5.69 Å². The third-order valence-corrected chi connectivity index (χ3v) is 4.12. The summed E-state index contributed by atoms with van der Waals surface area (Å²) < 4.78 is 1.82. The smallest absolute Gasteiger partial charge is 0.103 e. The number of nitrogens with zero attached hydrogens (tertiary/aromatic N) is 3. The lowest BCUT2D eigenvalue weighted by Gasteiger charge is -2.20. The first-order valence-corrected chi connectivity index (χ1v) is 7.99. The Kier molecular flexibility index (Phi) is 5.94. The number of halogens is 1. The third kappa shape index (κ3) is 3.85. The van der Waals surface area contributed by atoms with E-state index in [1.165, 1.54) is 0 Å². The van der Waals surface area contributed by atoms with Crippen molar-refractivity contribution in [2.75, 3.05) is 6.61 Å². The highest BCUT2D eigenvalue weighted by atomic mass is 35.5. The molecular weight excluding hydrogens is 300 g/mol. The van der Waals surface area contributed by atoms with Gasteiger partial charge in [-0.25, -0.2) is 4.68 Å². The van der Waals surface area contributed by atoms with Gasteiger partial charge in [0.15, 0.2) is 0 Å². The van der Waals surface area contributed by atoms with Crippen LogP contribution in [0.4, 0.5) is 0 Å². The molecule has 0 saturated carbocycles. The maximum Gasteiger partial charge on any atom is 0.103 e. The Labute approximate surface area is 136 Å². The van der Waals surface area contributed by atoms with Crippen LogP contribution >= 0.6 is 11.6 Å². The van der Waals surface area contributed by atoms with E-state index in [-0.39, 0.29) is 18.7 Å². The Hall–Kier alpha value is -1.43. The number of aliphatic hydroxyl groups excluding tert-OH is 1. The second-order valence-corrected chi connectivity index (χ2v) is 5.89. The first-order chi connectivity index (χ1) is 10.6. The Morgan fingerprint density at radius 3 is 2.59 bits per heavy atom. The molecule has 0 radical (unpaired) electrons. The van der Waals surface area contributed by atoms with E-state index in [1.54, 1.807) is 0 Å². The highest BCUT2D eigenvalue weighted by Gasteiger charge is 2.18. The van der Waals surface area contributed by atoms with E-state index in [2.05, 4.69) is 29.5 Å². The van der Waals surface area contributed by atoms with Crippen molar-refractivity contribution in [1.82, 2.24) is 20.3 Å². The molecule has 0 saturated heterocycles.